The van der Waals surface area contributed by atoms with Crippen molar-refractivity contribution in [2.24, 2.45) is 11.8 Å². The minimum Gasteiger partial charge on any atom is -0.493 e. The quantitative estimate of drug-likeness (QED) is 0.580. The minimum absolute atomic E-state index is 0. The Balaban J connectivity index is 0.00000280. The molecule has 0 aliphatic carbocycles. The molecule has 3 rings (SSSR count). The summed E-state index contributed by atoms with van der Waals surface area (Å²) in [6, 6.07) is 1.92. The molecule has 2 fully saturated rings. The zero-order valence-corrected chi connectivity index (χ0v) is 16.0. The number of rotatable bonds is 5. The SMILES string of the molecule is COc1cc(C(=O)N2CC[C@@H]3CNC[C@@H]3CC2)c([N+](=O)[O-])cc1OC(F)F.Cl. The standard InChI is InChI=1S/C17H21F2N3O5.ClH/c1-26-14-6-12(13(22(24)25)7-15(14)27-17(18)19)16(23)21-4-2-10-8-20-9-11(10)3-5-21;/h6-7,10-11,17,20H,2-5,8-9H2,1H3;1H/t10-,11+;. The first-order valence-electron chi connectivity index (χ1n) is 8.72. The van der Waals surface area contributed by atoms with Crippen molar-refractivity contribution < 1.29 is 28.0 Å². The van der Waals surface area contributed by atoms with Crippen LogP contribution in [0.5, 0.6) is 11.5 Å². The van der Waals surface area contributed by atoms with Crippen LogP contribution in [0, 0.1) is 22.0 Å². The van der Waals surface area contributed by atoms with Crippen LogP contribution < -0.4 is 14.8 Å². The van der Waals surface area contributed by atoms with Gasteiger partial charge in [0.15, 0.2) is 11.5 Å². The van der Waals surface area contributed by atoms with Crippen LogP contribution in [0.4, 0.5) is 14.5 Å². The van der Waals surface area contributed by atoms with Gasteiger partial charge in [-0.2, -0.15) is 8.78 Å². The number of amides is 1. The van der Waals surface area contributed by atoms with Gasteiger partial charge in [-0.3, -0.25) is 14.9 Å². The summed E-state index contributed by atoms with van der Waals surface area (Å²) in [6.45, 7) is -0.341. The van der Waals surface area contributed by atoms with E-state index in [4.69, 9.17) is 4.74 Å². The number of ether oxygens (including phenoxy) is 2. The molecule has 2 saturated heterocycles. The predicted molar refractivity (Wildman–Crippen MR) is 98.5 cm³/mol. The van der Waals surface area contributed by atoms with Crippen LogP contribution >= 0.6 is 12.4 Å². The molecule has 156 valence electrons. The molecule has 2 aliphatic rings. The summed E-state index contributed by atoms with van der Waals surface area (Å²) in [5, 5.41) is 14.8. The van der Waals surface area contributed by atoms with E-state index in [9.17, 15) is 23.7 Å². The van der Waals surface area contributed by atoms with Crippen molar-refractivity contribution in [1.82, 2.24) is 10.2 Å². The van der Waals surface area contributed by atoms with Crippen molar-refractivity contribution in [3.05, 3.63) is 27.8 Å². The number of benzene rings is 1. The fraction of sp³-hybridized carbons (Fsp3) is 0.588. The summed E-state index contributed by atoms with van der Waals surface area (Å²) in [7, 11) is 1.22. The van der Waals surface area contributed by atoms with Crippen molar-refractivity contribution in [2.75, 3.05) is 33.3 Å². The highest BCUT2D eigenvalue weighted by molar-refractivity contribution is 5.99. The molecule has 1 N–H and O–H groups in total. The Morgan fingerprint density at radius 2 is 1.86 bits per heavy atom. The Bertz CT molecular complexity index is 723. The molecule has 0 saturated carbocycles. The highest BCUT2D eigenvalue weighted by Crippen LogP contribution is 2.37. The van der Waals surface area contributed by atoms with E-state index in [1.165, 1.54) is 7.11 Å². The first-order valence-corrected chi connectivity index (χ1v) is 8.72. The van der Waals surface area contributed by atoms with E-state index in [0.717, 1.165) is 38.1 Å². The summed E-state index contributed by atoms with van der Waals surface area (Å²) in [6.07, 6.45) is 1.64. The zero-order valence-electron chi connectivity index (χ0n) is 15.2. The van der Waals surface area contributed by atoms with Crippen molar-refractivity contribution >= 4 is 24.0 Å². The Labute approximate surface area is 166 Å². The number of methoxy groups -OCH3 is 1. The van der Waals surface area contributed by atoms with Crippen LogP contribution in [0.15, 0.2) is 12.1 Å². The molecule has 28 heavy (non-hydrogen) atoms. The Kier molecular flexibility index (Phi) is 7.36. The van der Waals surface area contributed by atoms with Crippen LogP contribution in [0.3, 0.4) is 0 Å². The van der Waals surface area contributed by atoms with Gasteiger partial charge in [-0.1, -0.05) is 0 Å². The molecule has 0 bridgehead atoms. The number of carbonyl (C=O) groups excluding carboxylic acids is 1. The van der Waals surface area contributed by atoms with Crippen molar-refractivity contribution in [2.45, 2.75) is 19.5 Å². The van der Waals surface area contributed by atoms with E-state index in [1.54, 1.807) is 4.90 Å². The van der Waals surface area contributed by atoms with Crippen molar-refractivity contribution in [3.63, 3.8) is 0 Å². The van der Waals surface area contributed by atoms with Gasteiger partial charge in [0, 0.05) is 19.2 Å². The van der Waals surface area contributed by atoms with Crippen LogP contribution in [-0.4, -0.2) is 55.6 Å². The molecular weight excluding hydrogens is 400 g/mol. The van der Waals surface area contributed by atoms with Crippen LogP contribution in [-0.2, 0) is 0 Å². The molecule has 8 nitrogen and oxygen atoms in total. The van der Waals surface area contributed by atoms with Gasteiger partial charge in [0.2, 0.25) is 0 Å². The molecule has 0 radical (unpaired) electrons. The molecule has 11 heteroatoms. The third-order valence-corrected chi connectivity index (χ3v) is 5.23. The predicted octanol–water partition coefficient (Wildman–Crippen LogP) is 2.70. The Hall–Kier alpha value is -2.20. The molecule has 1 aromatic carbocycles. The third-order valence-electron chi connectivity index (χ3n) is 5.23. The minimum atomic E-state index is -3.17. The first-order chi connectivity index (χ1) is 12.9. The monoisotopic (exact) mass is 421 g/mol. The highest BCUT2D eigenvalue weighted by Gasteiger charge is 2.34. The second-order valence-corrected chi connectivity index (χ2v) is 6.70. The van der Waals surface area contributed by atoms with Crippen LogP contribution in [0.2, 0.25) is 0 Å². The molecule has 0 aromatic heterocycles. The van der Waals surface area contributed by atoms with Gasteiger partial charge in [0.25, 0.3) is 11.6 Å². The second kappa shape index (κ2) is 9.33. The Morgan fingerprint density at radius 3 is 2.36 bits per heavy atom. The maximum absolute atomic E-state index is 13.0. The maximum Gasteiger partial charge on any atom is 0.387 e. The lowest BCUT2D eigenvalue weighted by atomic mass is 9.92. The number of halogens is 3. The number of likely N-dealkylation sites (tertiary alicyclic amines) is 1. The Morgan fingerprint density at radius 1 is 1.25 bits per heavy atom. The maximum atomic E-state index is 13.0. The highest BCUT2D eigenvalue weighted by atomic mass is 35.5. The van der Waals surface area contributed by atoms with Gasteiger partial charge in [0.1, 0.15) is 5.56 Å². The number of nitrogens with one attached hydrogen (secondary N) is 1. The number of nitrogens with zero attached hydrogens (tertiary/aromatic N) is 2. The lowest BCUT2D eigenvalue weighted by Gasteiger charge is -2.21. The molecule has 1 aromatic rings. The summed E-state index contributed by atoms with van der Waals surface area (Å²) in [5.41, 5.74) is -0.772. The fourth-order valence-corrected chi connectivity index (χ4v) is 3.81. The lowest BCUT2D eigenvalue weighted by Crippen LogP contribution is -2.33. The average Bonchev–Trinajstić information content (AvgIpc) is 2.98. The van der Waals surface area contributed by atoms with E-state index in [-0.39, 0.29) is 23.7 Å². The first kappa shape index (κ1) is 22.1. The van der Waals surface area contributed by atoms with E-state index in [2.05, 4.69) is 10.1 Å². The smallest absolute Gasteiger partial charge is 0.387 e. The van der Waals surface area contributed by atoms with Gasteiger partial charge in [0.05, 0.1) is 18.1 Å². The summed E-state index contributed by atoms with van der Waals surface area (Å²) in [4.78, 5) is 25.2. The number of nitro benzene ring substituents is 1. The third kappa shape index (κ3) is 4.61. The normalized spacial score (nSPS) is 21.5. The molecule has 2 atom stereocenters. The summed E-state index contributed by atoms with van der Waals surface area (Å²) >= 11 is 0. The van der Waals surface area contributed by atoms with E-state index in [1.807, 2.05) is 0 Å². The van der Waals surface area contributed by atoms with Gasteiger partial charge in [-0.15, -0.1) is 12.4 Å². The average molecular weight is 422 g/mol. The lowest BCUT2D eigenvalue weighted by molar-refractivity contribution is -0.385. The number of hydrogen-bond acceptors (Lipinski definition) is 6. The number of nitro groups is 1. The van der Waals surface area contributed by atoms with Gasteiger partial charge < -0.3 is 19.7 Å². The summed E-state index contributed by atoms with van der Waals surface area (Å²) < 4.78 is 34.4. The van der Waals surface area contributed by atoms with Crippen LogP contribution in [0.25, 0.3) is 0 Å². The topological polar surface area (TPSA) is 93.9 Å². The van der Waals surface area contributed by atoms with Crippen LogP contribution in [0.1, 0.15) is 23.2 Å². The number of alkyl halides is 2. The number of fused-ring (bicyclic) bond motifs is 1. The number of carbonyl (C=O) groups is 1. The second-order valence-electron chi connectivity index (χ2n) is 6.70. The molecular formula is C17H22ClF2N3O5. The molecule has 2 aliphatic heterocycles. The summed E-state index contributed by atoms with van der Waals surface area (Å²) in [5.74, 6) is -0.146. The molecule has 0 spiro atoms. The molecule has 2 heterocycles. The van der Waals surface area contributed by atoms with Gasteiger partial charge >= 0.3 is 6.61 Å². The molecule has 0 unspecified atom stereocenters. The van der Waals surface area contributed by atoms with Crippen molar-refractivity contribution in [1.29, 1.82) is 0 Å². The fourth-order valence-electron chi connectivity index (χ4n) is 3.81. The van der Waals surface area contributed by atoms with Gasteiger partial charge in [-0.25, -0.2) is 0 Å². The largest absolute Gasteiger partial charge is 0.493 e. The molecule has 1 amide bonds. The van der Waals surface area contributed by atoms with E-state index < -0.39 is 28.9 Å². The van der Waals surface area contributed by atoms with Crippen molar-refractivity contribution in [3.8, 4) is 11.5 Å². The van der Waals surface area contributed by atoms with Gasteiger partial charge in [-0.05, 0) is 37.8 Å². The van der Waals surface area contributed by atoms with E-state index >= 15 is 0 Å². The van der Waals surface area contributed by atoms with E-state index in [0.29, 0.717) is 24.9 Å². The number of hydrogen-bond donors (Lipinski definition) is 1. The zero-order chi connectivity index (χ0) is 19.6.